The summed E-state index contributed by atoms with van der Waals surface area (Å²) in [5.41, 5.74) is -1.32. The van der Waals surface area contributed by atoms with Gasteiger partial charge in [0.15, 0.2) is 0 Å². The summed E-state index contributed by atoms with van der Waals surface area (Å²) in [6.07, 6.45) is -4.57. The summed E-state index contributed by atoms with van der Waals surface area (Å²) >= 11 is 5.44. The number of anilines is 1. The van der Waals surface area contributed by atoms with Crippen LogP contribution in [0.4, 0.5) is 18.9 Å². The van der Waals surface area contributed by atoms with Crippen molar-refractivity contribution in [3.05, 3.63) is 33.7 Å². The van der Waals surface area contributed by atoms with Crippen LogP contribution in [-0.2, 0) is 6.18 Å². The van der Waals surface area contributed by atoms with E-state index in [0.717, 1.165) is 19.2 Å². The topological polar surface area (TPSA) is 32.7 Å². The van der Waals surface area contributed by atoms with E-state index in [1.807, 2.05) is 0 Å². The molecule has 0 aliphatic heterocycles. The Hall–Kier alpha value is -1.30. The van der Waals surface area contributed by atoms with Crippen LogP contribution in [0, 0.1) is 4.91 Å². The van der Waals surface area contributed by atoms with Gasteiger partial charge in [-0.3, -0.25) is 0 Å². The van der Waals surface area contributed by atoms with Crippen LogP contribution in [0.25, 0.3) is 0 Å². The second-order valence-electron chi connectivity index (χ2n) is 2.76. The number of nitrogens with zero attached hydrogens (tertiary/aromatic N) is 2. The SMILES string of the molecule is CN(N=O)c1ccc(Cl)cc1C(F)(F)F. The van der Waals surface area contributed by atoms with Crippen LogP contribution in [0.1, 0.15) is 5.56 Å². The lowest BCUT2D eigenvalue weighted by molar-refractivity contribution is -0.137. The Bertz CT molecular complexity index is 381. The molecule has 1 aromatic carbocycles. The molecule has 0 amide bonds. The molecular formula is C8H6ClF3N2O. The van der Waals surface area contributed by atoms with E-state index in [1.165, 1.54) is 6.07 Å². The average molecular weight is 239 g/mol. The average Bonchev–Trinajstić information content (AvgIpc) is 2.15. The fraction of sp³-hybridized carbons (Fsp3) is 0.250. The monoisotopic (exact) mass is 238 g/mol. The summed E-state index contributed by atoms with van der Waals surface area (Å²) in [7, 11) is 1.13. The molecular weight excluding hydrogens is 233 g/mol. The third-order valence-electron chi connectivity index (χ3n) is 1.74. The first kappa shape index (κ1) is 11.8. The number of rotatable bonds is 2. The molecule has 1 rings (SSSR count). The summed E-state index contributed by atoms with van der Waals surface area (Å²) in [5, 5.41) is 2.95. The summed E-state index contributed by atoms with van der Waals surface area (Å²) in [6.45, 7) is 0. The maximum Gasteiger partial charge on any atom is 0.418 e. The zero-order chi connectivity index (χ0) is 11.6. The van der Waals surface area contributed by atoms with E-state index in [2.05, 4.69) is 5.29 Å². The van der Waals surface area contributed by atoms with Crippen LogP contribution in [0.2, 0.25) is 5.02 Å². The summed E-state index contributed by atoms with van der Waals surface area (Å²) in [4.78, 5) is 10.1. The quantitative estimate of drug-likeness (QED) is 0.584. The van der Waals surface area contributed by atoms with Gasteiger partial charge < -0.3 is 0 Å². The minimum atomic E-state index is -4.57. The van der Waals surface area contributed by atoms with Crippen LogP contribution >= 0.6 is 11.6 Å². The molecule has 0 bridgehead atoms. The lowest BCUT2D eigenvalue weighted by Crippen LogP contribution is -2.15. The number of hydrogen-bond donors (Lipinski definition) is 0. The first-order chi connectivity index (χ1) is 6.86. The zero-order valence-electron chi connectivity index (χ0n) is 7.55. The Morgan fingerprint density at radius 1 is 1.40 bits per heavy atom. The molecule has 0 aromatic heterocycles. The van der Waals surface area contributed by atoms with Crippen LogP contribution in [-0.4, -0.2) is 7.05 Å². The molecule has 82 valence electrons. The van der Waals surface area contributed by atoms with Gasteiger partial charge in [-0.15, -0.1) is 4.91 Å². The molecule has 0 N–H and O–H groups in total. The van der Waals surface area contributed by atoms with Gasteiger partial charge in [-0.2, -0.15) is 13.2 Å². The first-order valence-corrected chi connectivity index (χ1v) is 4.18. The van der Waals surface area contributed by atoms with Crippen molar-refractivity contribution in [2.75, 3.05) is 12.1 Å². The summed E-state index contributed by atoms with van der Waals surface area (Å²) in [6, 6.07) is 3.10. The lowest BCUT2D eigenvalue weighted by atomic mass is 10.1. The predicted molar refractivity (Wildman–Crippen MR) is 50.7 cm³/mol. The third-order valence-corrected chi connectivity index (χ3v) is 1.97. The smallest absolute Gasteiger partial charge is 0.232 e. The first-order valence-electron chi connectivity index (χ1n) is 3.80. The molecule has 0 radical (unpaired) electrons. The number of benzene rings is 1. The summed E-state index contributed by atoms with van der Waals surface area (Å²) in [5.74, 6) is 0. The molecule has 0 atom stereocenters. The molecule has 3 nitrogen and oxygen atoms in total. The van der Waals surface area contributed by atoms with Gasteiger partial charge in [0.05, 0.1) is 16.5 Å². The van der Waals surface area contributed by atoms with Crippen molar-refractivity contribution >= 4 is 17.3 Å². The van der Waals surface area contributed by atoms with Gasteiger partial charge in [-0.1, -0.05) is 11.6 Å². The van der Waals surface area contributed by atoms with Gasteiger partial charge in [0.1, 0.15) is 0 Å². The van der Waals surface area contributed by atoms with E-state index in [1.54, 1.807) is 0 Å². The largest absolute Gasteiger partial charge is 0.418 e. The minimum Gasteiger partial charge on any atom is -0.232 e. The van der Waals surface area contributed by atoms with Crippen molar-refractivity contribution in [1.29, 1.82) is 0 Å². The molecule has 1 aromatic rings. The fourth-order valence-corrected chi connectivity index (χ4v) is 1.23. The second kappa shape index (κ2) is 4.06. The number of hydrogen-bond acceptors (Lipinski definition) is 2. The van der Waals surface area contributed by atoms with Crippen LogP contribution < -0.4 is 5.01 Å². The van der Waals surface area contributed by atoms with Crippen LogP contribution in [0.5, 0.6) is 0 Å². The Morgan fingerprint density at radius 3 is 2.47 bits per heavy atom. The number of nitroso groups, excluding NO2 is 1. The van der Waals surface area contributed by atoms with E-state index >= 15 is 0 Å². The maximum atomic E-state index is 12.5. The van der Waals surface area contributed by atoms with Crippen molar-refractivity contribution in [3.63, 3.8) is 0 Å². The maximum absolute atomic E-state index is 12.5. The van der Waals surface area contributed by atoms with Gasteiger partial charge >= 0.3 is 6.18 Å². The predicted octanol–water partition coefficient (Wildman–Crippen LogP) is 3.48. The molecule has 7 heteroatoms. The van der Waals surface area contributed by atoms with Gasteiger partial charge in [0, 0.05) is 12.1 Å². The highest BCUT2D eigenvalue weighted by Gasteiger charge is 2.34. The molecule has 0 aliphatic rings. The highest BCUT2D eigenvalue weighted by atomic mass is 35.5. The highest BCUT2D eigenvalue weighted by Crippen LogP contribution is 2.37. The van der Waals surface area contributed by atoms with E-state index in [0.29, 0.717) is 5.01 Å². The number of halogens is 4. The third kappa shape index (κ3) is 2.59. The van der Waals surface area contributed by atoms with Gasteiger partial charge in [-0.25, -0.2) is 5.01 Å². The molecule has 15 heavy (non-hydrogen) atoms. The molecule has 0 spiro atoms. The van der Waals surface area contributed by atoms with Crippen molar-refractivity contribution < 1.29 is 13.2 Å². The van der Waals surface area contributed by atoms with Crippen LogP contribution in [0.15, 0.2) is 23.5 Å². The molecule has 0 unspecified atom stereocenters. The van der Waals surface area contributed by atoms with E-state index in [9.17, 15) is 18.1 Å². The Morgan fingerprint density at radius 2 is 2.00 bits per heavy atom. The standard InChI is InChI=1S/C8H6ClF3N2O/c1-14(13-15)7-3-2-5(9)4-6(7)8(10,11)12/h2-4H,1H3. The molecule has 0 aliphatic carbocycles. The van der Waals surface area contributed by atoms with Crippen molar-refractivity contribution in [2.45, 2.75) is 6.18 Å². The highest BCUT2D eigenvalue weighted by molar-refractivity contribution is 6.30. The molecule has 0 heterocycles. The molecule has 0 saturated heterocycles. The van der Waals surface area contributed by atoms with Crippen molar-refractivity contribution in [2.24, 2.45) is 5.29 Å². The minimum absolute atomic E-state index is 0.0506. The van der Waals surface area contributed by atoms with Crippen LogP contribution in [0.3, 0.4) is 0 Å². The Kier molecular flexibility index (Phi) is 3.18. The van der Waals surface area contributed by atoms with Crippen molar-refractivity contribution in [3.8, 4) is 0 Å². The summed E-state index contributed by atoms with van der Waals surface area (Å²) < 4.78 is 37.5. The van der Waals surface area contributed by atoms with E-state index in [-0.39, 0.29) is 10.7 Å². The van der Waals surface area contributed by atoms with E-state index < -0.39 is 11.7 Å². The Labute approximate surface area is 88.4 Å². The molecule has 0 saturated carbocycles. The van der Waals surface area contributed by atoms with E-state index in [4.69, 9.17) is 11.6 Å². The van der Waals surface area contributed by atoms with Gasteiger partial charge in [0.25, 0.3) is 0 Å². The van der Waals surface area contributed by atoms with Gasteiger partial charge in [-0.05, 0) is 18.2 Å². The fourth-order valence-electron chi connectivity index (χ4n) is 1.06. The number of alkyl halides is 3. The van der Waals surface area contributed by atoms with Gasteiger partial charge in [0.2, 0.25) is 0 Å². The normalized spacial score (nSPS) is 11.3. The lowest BCUT2D eigenvalue weighted by Gasteiger charge is -2.16. The molecule has 0 fully saturated rings. The second-order valence-corrected chi connectivity index (χ2v) is 3.20. The Balaban J connectivity index is 3.33. The zero-order valence-corrected chi connectivity index (χ0v) is 8.30. The van der Waals surface area contributed by atoms with Crippen molar-refractivity contribution in [1.82, 2.24) is 0 Å².